The summed E-state index contributed by atoms with van der Waals surface area (Å²) in [4.78, 5) is 24.0. The SMILES string of the molecule is C=C1CCC=C(C)C(=O)C(OC(C)=O)C2C1CC2(C)C. The van der Waals surface area contributed by atoms with Crippen LogP contribution in [-0.2, 0) is 14.3 Å². The van der Waals surface area contributed by atoms with E-state index in [0.29, 0.717) is 5.57 Å². The standard InChI is InChI=1S/C17H24O3/c1-10-7-6-8-11(2)15(19)16(20-12(3)18)14-13(10)9-17(14,4)5/h8,13-14,16H,1,6-7,9H2,2-5H3. The van der Waals surface area contributed by atoms with Crippen LogP contribution in [0.25, 0.3) is 0 Å². The molecule has 0 bridgehead atoms. The van der Waals surface area contributed by atoms with Crippen LogP contribution in [-0.4, -0.2) is 17.9 Å². The average Bonchev–Trinajstić information content (AvgIpc) is 2.35. The molecule has 2 aliphatic rings. The summed E-state index contributed by atoms with van der Waals surface area (Å²) in [6, 6.07) is 0. The highest BCUT2D eigenvalue weighted by atomic mass is 16.5. The number of carbonyl (C=O) groups is 2. The van der Waals surface area contributed by atoms with Crippen molar-refractivity contribution in [1.82, 2.24) is 0 Å². The van der Waals surface area contributed by atoms with E-state index in [1.54, 1.807) is 0 Å². The minimum Gasteiger partial charge on any atom is -0.454 e. The van der Waals surface area contributed by atoms with Crippen molar-refractivity contribution in [2.24, 2.45) is 17.3 Å². The maximum atomic E-state index is 12.6. The maximum absolute atomic E-state index is 12.6. The molecule has 0 aromatic heterocycles. The molecule has 0 radical (unpaired) electrons. The molecule has 0 aromatic carbocycles. The first-order chi connectivity index (χ1) is 9.24. The van der Waals surface area contributed by atoms with E-state index < -0.39 is 6.10 Å². The van der Waals surface area contributed by atoms with E-state index in [4.69, 9.17) is 4.74 Å². The third-order valence-electron chi connectivity index (χ3n) is 4.79. The Kier molecular flexibility index (Phi) is 3.90. The molecule has 3 nitrogen and oxygen atoms in total. The molecule has 0 aromatic rings. The highest BCUT2D eigenvalue weighted by Gasteiger charge is 2.55. The van der Waals surface area contributed by atoms with Gasteiger partial charge in [0.1, 0.15) is 0 Å². The van der Waals surface area contributed by atoms with Gasteiger partial charge in [0.25, 0.3) is 0 Å². The quantitative estimate of drug-likeness (QED) is 0.544. The summed E-state index contributed by atoms with van der Waals surface area (Å²) in [7, 11) is 0. The second kappa shape index (κ2) is 5.19. The lowest BCUT2D eigenvalue weighted by atomic mass is 9.51. The van der Waals surface area contributed by atoms with Crippen molar-refractivity contribution in [3.63, 3.8) is 0 Å². The predicted molar refractivity (Wildman–Crippen MR) is 78.1 cm³/mol. The summed E-state index contributed by atoms with van der Waals surface area (Å²) in [5.41, 5.74) is 1.89. The maximum Gasteiger partial charge on any atom is 0.303 e. The number of hydrogen-bond acceptors (Lipinski definition) is 3. The van der Waals surface area contributed by atoms with Gasteiger partial charge in [-0.15, -0.1) is 0 Å². The number of ketones is 1. The Bertz CT molecular complexity index is 484. The van der Waals surface area contributed by atoms with E-state index in [2.05, 4.69) is 20.4 Å². The van der Waals surface area contributed by atoms with Gasteiger partial charge in [-0.25, -0.2) is 0 Å². The van der Waals surface area contributed by atoms with Gasteiger partial charge in [0.05, 0.1) is 0 Å². The molecule has 0 N–H and O–H groups in total. The Morgan fingerprint density at radius 3 is 2.65 bits per heavy atom. The molecule has 2 rings (SSSR count). The second-order valence-corrected chi connectivity index (χ2v) is 6.80. The smallest absolute Gasteiger partial charge is 0.303 e. The Morgan fingerprint density at radius 2 is 2.10 bits per heavy atom. The first kappa shape index (κ1) is 15.0. The fraction of sp³-hybridized carbons (Fsp3) is 0.647. The van der Waals surface area contributed by atoms with Crippen molar-refractivity contribution in [3.8, 4) is 0 Å². The van der Waals surface area contributed by atoms with Crippen LogP contribution in [0, 0.1) is 17.3 Å². The summed E-state index contributed by atoms with van der Waals surface area (Å²) in [6.45, 7) is 11.7. The number of carbonyl (C=O) groups excluding carboxylic acids is 2. The molecule has 0 spiro atoms. The first-order valence-electron chi connectivity index (χ1n) is 7.30. The lowest BCUT2D eigenvalue weighted by Gasteiger charge is -2.54. The molecular weight excluding hydrogens is 252 g/mol. The summed E-state index contributed by atoms with van der Waals surface area (Å²) < 4.78 is 5.41. The first-order valence-corrected chi connectivity index (χ1v) is 7.30. The molecule has 0 amide bonds. The Balaban J connectivity index is 2.40. The van der Waals surface area contributed by atoms with Crippen molar-refractivity contribution in [3.05, 3.63) is 23.8 Å². The van der Waals surface area contributed by atoms with Gasteiger partial charge in [0.2, 0.25) is 0 Å². The van der Waals surface area contributed by atoms with Crippen LogP contribution >= 0.6 is 0 Å². The van der Waals surface area contributed by atoms with Gasteiger partial charge in [-0.2, -0.15) is 0 Å². The molecule has 20 heavy (non-hydrogen) atoms. The summed E-state index contributed by atoms with van der Waals surface area (Å²) in [6.07, 6.45) is 4.05. The van der Waals surface area contributed by atoms with Crippen LogP contribution in [0.4, 0.5) is 0 Å². The molecule has 110 valence electrons. The number of ether oxygens (including phenoxy) is 1. The summed E-state index contributed by atoms with van der Waals surface area (Å²) in [5.74, 6) is -0.0921. The van der Waals surface area contributed by atoms with E-state index in [-0.39, 0.29) is 29.0 Å². The van der Waals surface area contributed by atoms with Gasteiger partial charge in [-0.3, -0.25) is 9.59 Å². The topological polar surface area (TPSA) is 43.4 Å². The Labute approximate surface area is 121 Å². The Morgan fingerprint density at radius 1 is 1.45 bits per heavy atom. The molecule has 1 saturated carbocycles. The number of fused-ring (bicyclic) bond motifs is 1. The van der Waals surface area contributed by atoms with Crippen LogP contribution in [0.15, 0.2) is 23.8 Å². The van der Waals surface area contributed by atoms with E-state index in [0.717, 1.165) is 19.3 Å². The van der Waals surface area contributed by atoms with Crippen LogP contribution < -0.4 is 0 Å². The summed E-state index contributed by atoms with van der Waals surface area (Å²) in [5, 5.41) is 0. The highest BCUT2D eigenvalue weighted by Crippen LogP contribution is 2.56. The van der Waals surface area contributed by atoms with Gasteiger partial charge in [0.15, 0.2) is 11.9 Å². The Hall–Kier alpha value is -1.38. The van der Waals surface area contributed by atoms with Crippen molar-refractivity contribution in [2.75, 3.05) is 0 Å². The molecule has 3 atom stereocenters. The van der Waals surface area contributed by atoms with Gasteiger partial charge < -0.3 is 4.74 Å². The predicted octanol–water partition coefficient (Wildman–Crippen LogP) is 3.45. The van der Waals surface area contributed by atoms with Crippen LogP contribution in [0.2, 0.25) is 0 Å². The van der Waals surface area contributed by atoms with Gasteiger partial charge in [0, 0.05) is 12.8 Å². The minimum absolute atomic E-state index is 0.00794. The van der Waals surface area contributed by atoms with E-state index in [1.807, 2.05) is 13.0 Å². The molecule has 3 unspecified atom stereocenters. The number of allylic oxidation sites excluding steroid dienone is 2. The largest absolute Gasteiger partial charge is 0.454 e. The van der Waals surface area contributed by atoms with Crippen LogP contribution in [0.5, 0.6) is 0 Å². The van der Waals surface area contributed by atoms with Crippen LogP contribution in [0.1, 0.15) is 47.0 Å². The molecule has 2 aliphatic carbocycles. The summed E-state index contributed by atoms with van der Waals surface area (Å²) >= 11 is 0. The van der Waals surface area contributed by atoms with E-state index >= 15 is 0 Å². The monoisotopic (exact) mass is 276 g/mol. The minimum atomic E-state index is -0.660. The lowest BCUT2D eigenvalue weighted by Crippen LogP contribution is -2.54. The fourth-order valence-corrected chi connectivity index (χ4v) is 3.69. The van der Waals surface area contributed by atoms with E-state index in [1.165, 1.54) is 12.5 Å². The molecule has 3 heteroatoms. The highest BCUT2D eigenvalue weighted by molar-refractivity contribution is 5.99. The normalized spacial score (nSPS) is 33.0. The number of esters is 1. The van der Waals surface area contributed by atoms with Crippen molar-refractivity contribution in [1.29, 1.82) is 0 Å². The molecule has 1 fully saturated rings. The molecular formula is C17H24O3. The molecule has 0 heterocycles. The molecule has 0 aliphatic heterocycles. The average molecular weight is 276 g/mol. The number of hydrogen-bond donors (Lipinski definition) is 0. The zero-order valence-electron chi connectivity index (χ0n) is 12.9. The third kappa shape index (κ3) is 2.58. The number of rotatable bonds is 1. The van der Waals surface area contributed by atoms with Crippen LogP contribution in [0.3, 0.4) is 0 Å². The van der Waals surface area contributed by atoms with Gasteiger partial charge >= 0.3 is 5.97 Å². The lowest BCUT2D eigenvalue weighted by molar-refractivity contribution is -0.168. The number of Topliss-reactive ketones (excluding diaryl/α,β-unsaturated/α-hetero) is 1. The van der Waals surface area contributed by atoms with E-state index in [9.17, 15) is 9.59 Å². The second-order valence-electron chi connectivity index (χ2n) is 6.80. The van der Waals surface area contributed by atoms with Crippen molar-refractivity contribution < 1.29 is 14.3 Å². The van der Waals surface area contributed by atoms with Gasteiger partial charge in [-0.1, -0.05) is 32.1 Å². The third-order valence-corrected chi connectivity index (χ3v) is 4.79. The van der Waals surface area contributed by atoms with Crippen molar-refractivity contribution >= 4 is 11.8 Å². The molecule has 0 saturated heterocycles. The zero-order chi connectivity index (χ0) is 15.1. The zero-order valence-corrected chi connectivity index (χ0v) is 12.9. The fourth-order valence-electron chi connectivity index (χ4n) is 3.69. The van der Waals surface area contributed by atoms with Gasteiger partial charge in [-0.05, 0) is 43.1 Å². The van der Waals surface area contributed by atoms with Crippen molar-refractivity contribution in [2.45, 2.75) is 53.1 Å².